The van der Waals surface area contributed by atoms with E-state index in [1.165, 1.54) is 16.3 Å². The molecule has 1 aromatic heterocycles. The van der Waals surface area contributed by atoms with Crippen LogP contribution in [0.3, 0.4) is 0 Å². The van der Waals surface area contributed by atoms with Gasteiger partial charge in [-0.15, -0.1) is 0 Å². The third kappa shape index (κ3) is 2.54. The molecule has 0 unspecified atom stereocenters. The lowest BCUT2D eigenvalue weighted by Gasteiger charge is -2.06. The van der Waals surface area contributed by atoms with Crippen molar-refractivity contribution >= 4 is 10.4 Å². The van der Waals surface area contributed by atoms with Crippen molar-refractivity contribution in [2.75, 3.05) is 0 Å². The lowest BCUT2D eigenvalue weighted by Crippen LogP contribution is -2.21. The zero-order chi connectivity index (χ0) is 14.2. The van der Waals surface area contributed by atoms with Crippen molar-refractivity contribution < 1.29 is 17.2 Å². The molecule has 0 saturated carbocycles. The molecule has 0 aliphatic rings. The SMILES string of the molecule is Cc1c(OS(=O)(=O)O)c(=O)n(-c2ccccc2)n1C. The first-order valence-corrected chi connectivity index (χ1v) is 6.68. The Hall–Kier alpha value is -2.06. The maximum absolute atomic E-state index is 12.1. The fraction of sp³-hybridized carbons (Fsp3) is 0.182. The molecule has 0 amide bonds. The van der Waals surface area contributed by atoms with Gasteiger partial charge < -0.3 is 4.18 Å². The summed E-state index contributed by atoms with van der Waals surface area (Å²) in [6.07, 6.45) is 0. The zero-order valence-electron chi connectivity index (χ0n) is 10.3. The van der Waals surface area contributed by atoms with Crippen LogP contribution in [0.15, 0.2) is 35.1 Å². The summed E-state index contributed by atoms with van der Waals surface area (Å²) < 4.78 is 37.2. The van der Waals surface area contributed by atoms with Crippen LogP contribution >= 0.6 is 0 Å². The molecular formula is C11H12N2O5S. The van der Waals surface area contributed by atoms with E-state index in [0.29, 0.717) is 5.69 Å². The molecule has 0 saturated heterocycles. The normalized spacial score (nSPS) is 11.5. The van der Waals surface area contributed by atoms with Crippen LogP contribution in [0, 0.1) is 6.92 Å². The van der Waals surface area contributed by atoms with E-state index >= 15 is 0 Å². The van der Waals surface area contributed by atoms with Gasteiger partial charge in [0.15, 0.2) is 0 Å². The van der Waals surface area contributed by atoms with Gasteiger partial charge in [0.1, 0.15) is 0 Å². The molecule has 7 nitrogen and oxygen atoms in total. The summed E-state index contributed by atoms with van der Waals surface area (Å²) in [5.41, 5.74) is 0.179. The second-order valence-corrected chi connectivity index (χ2v) is 4.92. The summed E-state index contributed by atoms with van der Waals surface area (Å²) in [4.78, 5) is 12.1. The van der Waals surface area contributed by atoms with Crippen molar-refractivity contribution in [2.45, 2.75) is 6.92 Å². The van der Waals surface area contributed by atoms with E-state index in [1.54, 1.807) is 37.4 Å². The molecule has 1 heterocycles. The first-order chi connectivity index (χ1) is 8.81. The Labute approximate surface area is 109 Å². The fourth-order valence-electron chi connectivity index (χ4n) is 1.75. The Morgan fingerprint density at radius 3 is 2.32 bits per heavy atom. The highest BCUT2D eigenvalue weighted by molar-refractivity contribution is 7.81. The highest BCUT2D eigenvalue weighted by atomic mass is 32.3. The molecular weight excluding hydrogens is 272 g/mol. The Bertz CT molecular complexity index is 758. The summed E-state index contributed by atoms with van der Waals surface area (Å²) in [6, 6.07) is 8.66. The van der Waals surface area contributed by atoms with Gasteiger partial charge in [-0.3, -0.25) is 14.0 Å². The van der Waals surface area contributed by atoms with Crippen molar-refractivity contribution in [3.05, 3.63) is 46.4 Å². The van der Waals surface area contributed by atoms with Crippen molar-refractivity contribution in [3.8, 4) is 11.4 Å². The van der Waals surface area contributed by atoms with Crippen molar-refractivity contribution in [1.29, 1.82) is 0 Å². The largest absolute Gasteiger partial charge is 0.446 e. The quantitative estimate of drug-likeness (QED) is 0.836. The molecule has 8 heteroatoms. The fourth-order valence-corrected chi connectivity index (χ4v) is 2.15. The highest BCUT2D eigenvalue weighted by Crippen LogP contribution is 2.16. The van der Waals surface area contributed by atoms with Gasteiger partial charge in [-0.05, 0) is 19.1 Å². The van der Waals surface area contributed by atoms with E-state index in [1.807, 2.05) is 0 Å². The average Bonchev–Trinajstić information content (AvgIpc) is 2.53. The molecule has 2 aromatic rings. The van der Waals surface area contributed by atoms with Crippen LogP contribution in [0.25, 0.3) is 5.69 Å². The molecule has 0 aliphatic carbocycles. The average molecular weight is 284 g/mol. The van der Waals surface area contributed by atoms with Crippen LogP contribution in [0.5, 0.6) is 5.75 Å². The monoisotopic (exact) mass is 284 g/mol. The maximum Gasteiger partial charge on any atom is 0.446 e. The van der Waals surface area contributed by atoms with Gasteiger partial charge in [-0.1, -0.05) is 18.2 Å². The van der Waals surface area contributed by atoms with Gasteiger partial charge in [0, 0.05) is 7.05 Å². The molecule has 0 radical (unpaired) electrons. The number of aromatic nitrogens is 2. The number of hydrogen-bond donors (Lipinski definition) is 1. The van der Waals surface area contributed by atoms with E-state index in [4.69, 9.17) is 4.55 Å². The second-order valence-electron chi connectivity index (χ2n) is 3.90. The van der Waals surface area contributed by atoms with Crippen LogP contribution in [0.4, 0.5) is 0 Å². The topological polar surface area (TPSA) is 90.5 Å². The van der Waals surface area contributed by atoms with Crippen LogP contribution in [-0.2, 0) is 17.4 Å². The molecule has 0 aliphatic heterocycles. The molecule has 19 heavy (non-hydrogen) atoms. The number of rotatable bonds is 3. The summed E-state index contributed by atoms with van der Waals surface area (Å²) in [7, 11) is -3.15. The number of benzene rings is 1. The second kappa shape index (κ2) is 4.56. The Morgan fingerprint density at radius 2 is 1.79 bits per heavy atom. The van der Waals surface area contributed by atoms with Gasteiger partial charge in [0.25, 0.3) is 0 Å². The van der Waals surface area contributed by atoms with E-state index in [0.717, 1.165) is 0 Å². The highest BCUT2D eigenvalue weighted by Gasteiger charge is 2.21. The van der Waals surface area contributed by atoms with Gasteiger partial charge >= 0.3 is 16.0 Å². The molecule has 0 spiro atoms. The number of para-hydroxylation sites is 1. The maximum atomic E-state index is 12.1. The van der Waals surface area contributed by atoms with Crippen molar-refractivity contribution in [2.24, 2.45) is 7.05 Å². The van der Waals surface area contributed by atoms with Crippen LogP contribution in [0.2, 0.25) is 0 Å². The van der Waals surface area contributed by atoms with Crippen molar-refractivity contribution in [1.82, 2.24) is 9.36 Å². The molecule has 2 rings (SSSR count). The Morgan fingerprint density at radius 1 is 1.21 bits per heavy atom. The van der Waals surface area contributed by atoms with Gasteiger partial charge in [-0.2, -0.15) is 8.42 Å². The minimum Gasteiger partial charge on any atom is -0.354 e. The summed E-state index contributed by atoms with van der Waals surface area (Å²) in [6.45, 7) is 1.52. The smallest absolute Gasteiger partial charge is 0.354 e. The number of hydrogen-bond acceptors (Lipinski definition) is 4. The molecule has 102 valence electrons. The summed E-state index contributed by atoms with van der Waals surface area (Å²) in [5.74, 6) is -0.422. The third-order valence-electron chi connectivity index (χ3n) is 2.69. The predicted octanol–water partition coefficient (Wildman–Crippen LogP) is 0.666. The van der Waals surface area contributed by atoms with Crippen LogP contribution < -0.4 is 9.74 Å². The van der Waals surface area contributed by atoms with E-state index in [-0.39, 0.29) is 5.69 Å². The Balaban J connectivity index is 2.67. The Kier molecular flexibility index (Phi) is 3.21. The van der Waals surface area contributed by atoms with Crippen LogP contribution in [-0.4, -0.2) is 22.3 Å². The van der Waals surface area contributed by atoms with Crippen molar-refractivity contribution in [3.63, 3.8) is 0 Å². The van der Waals surface area contributed by atoms with Gasteiger partial charge in [0.2, 0.25) is 5.75 Å². The molecule has 0 bridgehead atoms. The van der Waals surface area contributed by atoms with E-state index < -0.39 is 21.7 Å². The van der Waals surface area contributed by atoms with Gasteiger partial charge in [-0.25, -0.2) is 4.68 Å². The zero-order valence-corrected chi connectivity index (χ0v) is 11.1. The minimum atomic E-state index is -4.73. The van der Waals surface area contributed by atoms with Gasteiger partial charge in [0.05, 0.1) is 11.4 Å². The van der Waals surface area contributed by atoms with Crippen LogP contribution in [0.1, 0.15) is 5.69 Å². The molecule has 1 N–H and O–H groups in total. The van der Waals surface area contributed by atoms with E-state index in [2.05, 4.69) is 4.18 Å². The lowest BCUT2D eigenvalue weighted by molar-refractivity contribution is 0.384. The standard InChI is InChI=1S/C11H12N2O5S/c1-8-10(18-19(15,16)17)11(14)13(12(8)2)9-6-4-3-5-7-9/h3-7H,1-2H3,(H,15,16,17). The number of nitrogens with zero attached hydrogens (tertiary/aromatic N) is 2. The predicted molar refractivity (Wildman–Crippen MR) is 67.9 cm³/mol. The van der Waals surface area contributed by atoms with E-state index in [9.17, 15) is 13.2 Å². The first kappa shape index (κ1) is 13.4. The molecule has 1 aromatic carbocycles. The first-order valence-electron chi connectivity index (χ1n) is 5.32. The molecule has 0 atom stereocenters. The third-order valence-corrected chi connectivity index (χ3v) is 3.07. The molecule has 0 fully saturated rings. The lowest BCUT2D eigenvalue weighted by atomic mass is 10.3. The summed E-state index contributed by atoms with van der Waals surface area (Å²) in [5, 5.41) is 0. The summed E-state index contributed by atoms with van der Waals surface area (Å²) >= 11 is 0. The minimum absolute atomic E-state index is 0.284.